The average molecular weight is 413 g/mol. The molecule has 3 nitrogen and oxygen atoms in total. The predicted octanol–water partition coefficient (Wildman–Crippen LogP) is 6.56. The van der Waals surface area contributed by atoms with Crippen molar-refractivity contribution in [3.8, 4) is 5.75 Å². The van der Waals surface area contributed by atoms with Crippen molar-refractivity contribution in [3.05, 3.63) is 101 Å². The number of ether oxygens (including phenoxy) is 2. The van der Waals surface area contributed by atoms with Gasteiger partial charge in [-0.15, -0.1) is 0 Å². The summed E-state index contributed by atoms with van der Waals surface area (Å²) < 4.78 is 11.0. The van der Waals surface area contributed by atoms with Gasteiger partial charge in [-0.1, -0.05) is 48.5 Å². The molecule has 0 atom stereocenters. The smallest absolute Gasteiger partial charge is 0.337 e. The van der Waals surface area contributed by atoms with Gasteiger partial charge in [-0.3, -0.25) is 0 Å². The van der Waals surface area contributed by atoms with Crippen LogP contribution < -0.4 is 4.74 Å². The molecule has 1 aliphatic carbocycles. The van der Waals surface area contributed by atoms with Crippen LogP contribution in [0.25, 0.3) is 11.1 Å². The number of benzene rings is 3. The van der Waals surface area contributed by atoms with Crippen LogP contribution in [0.5, 0.6) is 5.75 Å². The standard InChI is InChI=1S/C28H28O3/c1-28(2,3)31-23-15-17-25-22(18-23)14-16-24(19-8-6-5-7-9-19)26(25)20-10-12-21(13-11-20)27(29)30-4/h5-13,15,17-18H,14,16H2,1-4H3. The first-order valence-corrected chi connectivity index (χ1v) is 10.7. The van der Waals surface area contributed by atoms with Gasteiger partial charge in [0.2, 0.25) is 0 Å². The molecule has 0 aromatic heterocycles. The zero-order chi connectivity index (χ0) is 22.0. The summed E-state index contributed by atoms with van der Waals surface area (Å²) in [6.07, 6.45) is 1.91. The summed E-state index contributed by atoms with van der Waals surface area (Å²) in [5.41, 5.74) is 7.69. The highest BCUT2D eigenvalue weighted by molar-refractivity contribution is 6.01. The van der Waals surface area contributed by atoms with Crippen molar-refractivity contribution in [2.45, 2.75) is 39.2 Å². The number of fused-ring (bicyclic) bond motifs is 1. The molecule has 0 unspecified atom stereocenters. The van der Waals surface area contributed by atoms with Crippen molar-refractivity contribution in [1.29, 1.82) is 0 Å². The van der Waals surface area contributed by atoms with Crippen molar-refractivity contribution >= 4 is 17.1 Å². The number of hydrogen-bond donors (Lipinski definition) is 0. The largest absolute Gasteiger partial charge is 0.488 e. The molecule has 0 aliphatic heterocycles. The predicted molar refractivity (Wildman–Crippen MR) is 125 cm³/mol. The highest BCUT2D eigenvalue weighted by Gasteiger charge is 2.23. The van der Waals surface area contributed by atoms with Gasteiger partial charge in [-0.2, -0.15) is 0 Å². The van der Waals surface area contributed by atoms with Crippen LogP contribution in [0.4, 0.5) is 0 Å². The van der Waals surface area contributed by atoms with E-state index in [1.165, 1.54) is 34.9 Å². The number of methoxy groups -OCH3 is 1. The lowest BCUT2D eigenvalue weighted by Gasteiger charge is -2.27. The van der Waals surface area contributed by atoms with E-state index < -0.39 is 0 Å². The number of esters is 1. The molecule has 3 aromatic rings. The summed E-state index contributed by atoms with van der Waals surface area (Å²) in [6.45, 7) is 6.19. The van der Waals surface area contributed by atoms with E-state index in [0.29, 0.717) is 5.56 Å². The molecule has 0 radical (unpaired) electrons. The molecular weight excluding hydrogens is 384 g/mol. The Morgan fingerprint density at radius 1 is 0.839 bits per heavy atom. The highest BCUT2D eigenvalue weighted by Crippen LogP contribution is 2.42. The number of hydrogen-bond acceptors (Lipinski definition) is 3. The minimum atomic E-state index is -0.322. The van der Waals surface area contributed by atoms with Gasteiger partial charge in [0.15, 0.2) is 0 Å². The fourth-order valence-corrected chi connectivity index (χ4v) is 4.13. The molecule has 0 saturated carbocycles. The molecule has 0 spiro atoms. The molecule has 1 aliphatic rings. The molecular formula is C28H28O3. The Balaban J connectivity index is 1.84. The second-order valence-corrected chi connectivity index (χ2v) is 8.82. The van der Waals surface area contributed by atoms with Crippen LogP contribution in [-0.4, -0.2) is 18.7 Å². The van der Waals surface area contributed by atoms with Gasteiger partial charge in [0.1, 0.15) is 11.4 Å². The van der Waals surface area contributed by atoms with Crippen molar-refractivity contribution in [2.24, 2.45) is 0 Å². The minimum Gasteiger partial charge on any atom is -0.488 e. The highest BCUT2D eigenvalue weighted by atomic mass is 16.5. The summed E-state index contributed by atoms with van der Waals surface area (Å²) in [7, 11) is 1.40. The summed E-state index contributed by atoms with van der Waals surface area (Å²) in [6, 6.07) is 24.6. The van der Waals surface area contributed by atoms with Crippen LogP contribution in [0.15, 0.2) is 72.8 Å². The van der Waals surface area contributed by atoms with Gasteiger partial charge in [-0.25, -0.2) is 4.79 Å². The molecule has 31 heavy (non-hydrogen) atoms. The lowest BCUT2D eigenvalue weighted by atomic mass is 9.79. The van der Waals surface area contributed by atoms with E-state index >= 15 is 0 Å². The maximum atomic E-state index is 11.9. The summed E-state index contributed by atoms with van der Waals surface area (Å²) in [5, 5.41) is 0. The van der Waals surface area contributed by atoms with Crippen molar-refractivity contribution in [2.75, 3.05) is 7.11 Å². The lowest BCUT2D eigenvalue weighted by molar-refractivity contribution is 0.0600. The Labute approximate surface area is 184 Å². The Hall–Kier alpha value is -3.33. The van der Waals surface area contributed by atoms with Crippen LogP contribution in [0, 0.1) is 0 Å². The van der Waals surface area contributed by atoms with E-state index in [-0.39, 0.29) is 11.6 Å². The van der Waals surface area contributed by atoms with Crippen LogP contribution >= 0.6 is 0 Å². The number of carbonyl (C=O) groups is 1. The van der Waals surface area contributed by atoms with E-state index in [1.807, 2.05) is 30.3 Å². The second kappa shape index (κ2) is 8.43. The Bertz CT molecular complexity index is 1120. The van der Waals surface area contributed by atoms with Gasteiger partial charge < -0.3 is 9.47 Å². The normalized spacial score (nSPS) is 13.5. The fourth-order valence-electron chi connectivity index (χ4n) is 4.13. The monoisotopic (exact) mass is 412 g/mol. The molecule has 158 valence electrons. The number of allylic oxidation sites excluding steroid dienone is 1. The van der Waals surface area contributed by atoms with Crippen molar-refractivity contribution < 1.29 is 14.3 Å². The minimum absolute atomic E-state index is 0.236. The topological polar surface area (TPSA) is 35.5 Å². The van der Waals surface area contributed by atoms with E-state index in [9.17, 15) is 4.79 Å². The maximum absolute atomic E-state index is 11.9. The SMILES string of the molecule is COC(=O)c1ccc(C2=C(c3ccccc3)CCc3cc(OC(C)(C)C)ccc32)cc1. The summed E-state index contributed by atoms with van der Waals surface area (Å²) in [4.78, 5) is 11.9. The molecule has 0 saturated heterocycles. The van der Waals surface area contributed by atoms with Crippen LogP contribution in [-0.2, 0) is 11.2 Å². The number of carbonyl (C=O) groups excluding carboxylic acids is 1. The van der Waals surface area contributed by atoms with Crippen LogP contribution in [0.2, 0.25) is 0 Å². The molecule has 0 bridgehead atoms. The van der Waals surface area contributed by atoms with E-state index in [2.05, 4.69) is 63.2 Å². The third kappa shape index (κ3) is 4.56. The molecule has 0 heterocycles. The van der Waals surface area contributed by atoms with Gasteiger partial charge in [0.25, 0.3) is 0 Å². The average Bonchev–Trinajstić information content (AvgIpc) is 2.77. The van der Waals surface area contributed by atoms with E-state index in [4.69, 9.17) is 9.47 Å². The molecule has 3 heteroatoms. The lowest BCUT2D eigenvalue weighted by Crippen LogP contribution is -2.23. The van der Waals surface area contributed by atoms with Crippen molar-refractivity contribution in [3.63, 3.8) is 0 Å². The van der Waals surface area contributed by atoms with Gasteiger partial charge >= 0.3 is 5.97 Å². The van der Waals surface area contributed by atoms with Crippen LogP contribution in [0.3, 0.4) is 0 Å². The van der Waals surface area contributed by atoms with Gasteiger partial charge in [-0.05, 0) is 91.3 Å². The molecule has 0 amide bonds. The first kappa shape index (κ1) is 20.9. The van der Waals surface area contributed by atoms with Crippen molar-refractivity contribution in [1.82, 2.24) is 0 Å². The first-order chi connectivity index (χ1) is 14.9. The first-order valence-electron chi connectivity index (χ1n) is 10.7. The molecule has 0 fully saturated rings. The van der Waals surface area contributed by atoms with Gasteiger partial charge in [0.05, 0.1) is 12.7 Å². The van der Waals surface area contributed by atoms with Crippen LogP contribution in [0.1, 0.15) is 59.8 Å². The third-order valence-corrected chi connectivity index (χ3v) is 5.43. The fraction of sp³-hybridized carbons (Fsp3) is 0.250. The maximum Gasteiger partial charge on any atom is 0.337 e. The number of aryl methyl sites for hydroxylation is 1. The molecule has 3 aromatic carbocycles. The van der Waals surface area contributed by atoms with E-state index in [0.717, 1.165) is 24.2 Å². The Morgan fingerprint density at radius 2 is 1.55 bits per heavy atom. The Morgan fingerprint density at radius 3 is 2.19 bits per heavy atom. The zero-order valence-electron chi connectivity index (χ0n) is 18.6. The molecule has 0 N–H and O–H groups in total. The Kier molecular flexibility index (Phi) is 5.69. The third-order valence-electron chi connectivity index (χ3n) is 5.43. The summed E-state index contributed by atoms with van der Waals surface area (Å²) in [5.74, 6) is 0.576. The van der Waals surface area contributed by atoms with Gasteiger partial charge in [0, 0.05) is 0 Å². The second-order valence-electron chi connectivity index (χ2n) is 8.82. The zero-order valence-corrected chi connectivity index (χ0v) is 18.6. The summed E-state index contributed by atoms with van der Waals surface area (Å²) >= 11 is 0. The quantitative estimate of drug-likeness (QED) is 0.456. The molecule has 4 rings (SSSR count). The number of rotatable bonds is 4. The van der Waals surface area contributed by atoms with E-state index in [1.54, 1.807) is 0 Å².